The van der Waals surface area contributed by atoms with Crippen molar-refractivity contribution in [2.45, 2.75) is 19.9 Å². The van der Waals surface area contributed by atoms with Crippen LogP contribution >= 0.6 is 23.2 Å². The summed E-state index contributed by atoms with van der Waals surface area (Å²) in [5, 5.41) is 14.1. The summed E-state index contributed by atoms with van der Waals surface area (Å²) in [4.78, 5) is 38.6. The van der Waals surface area contributed by atoms with Gasteiger partial charge in [-0.05, 0) is 55.8 Å². The minimum absolute atomic E-state index is 0.0943. The van der Waals surface area contributed by atoms with E-state index < -0.39 is 5.97 Å². The number of halogens is 2. The van der Waals surface area contributed by atoms with Crippen molar-refractivity contribution in [3.05, 3.63) is 85.9 Å². The molecule has 0 unspecified atom stereocenters. The van der Waals surface area contributed by atoms with Crippen LogP contribution in [0.25, 0.3) is 10.9 Å². The topological polar surface area (TPSA) is 104 Å². The lowest BCUT2D eigenvalue weighted by Crippen LogP contribution is -2.48. The molecule has 0 spiro atoms. The van der Waals surface area contributed by atoms with Crippen molar-refractivity contribution in [1.82, 2.24) is 14.5 Å². The van der Waals surface area contributed by atoms with Crippen molar-refractivity contribution in [2.75, 3.05) is 41.3 Å². The number of carbonyl (C=O) groups is 1. The molecule has 1 aliphatic rings. The molecule has 0 bridgehead atoms. The van der Waals surface area contributed by atoms with E-state index in [4.69, 9.17) is 28.2 Å². The van der Waals surface area contributed by atoms with Gasteiger partial charge in [-0.3, -0.25) is 9.36 Å². The van der Waals surface area contributed by atoms with Gasteiger partial charge in [0.05, 0.1) is 22.6 Å². The number of benzene rings is 2. The zero-order valence-electron chi connectivity index (χ0n) is 21.8. The SMILES string of the molecule is Cc1cc([C@@H](C)Nc2ccc(Cl)nc2C(=O)O)c2nc(N3CCN(c4cccc(Cl)c4)CC3)n(C)c(=O)c2c1. The number of fused-ring (bicyclic) bond motifs is 1. The second-order valence-electron chi connectivity index (χ2n) is 9.68. The molecule has 0 aliphatic carbocycles. The first-order chi connectivity index (χ1) is 18.6. The standard InChI is InChI=1S/C28H28Cl2N6O3/c1-16-13-20(17(2)31-22-7-8-23(30)32-25(22)27(38)39)24-21(14-16)26(37)34(3)28(33-24)36-11-9-35(10-12-36)19-6-4-5-18(29)15-19/h4-8,13-15,17,31H,9-12H2,1-3H3,(H,38,39)/t17-/m1/s1. The van der Waals surface area contributed by atoms with E-state index in [0.29, 0.717) is 40.7 Å². The summed E-state index contributed by atoms with van der Waals surface area (Å²) in [5.74, 6) is -0.595. The molecule has 0 radical (unpaired) electrons. The van der Waals surface area contributed by atoms with Gasteiger partial charge < -0.3 is 20.2 Å². The number of rotatable bonds is 6. The van der Waals surface area contributed by atoms with Crippen molar-refractivity contribution in [1.29, 1.82) is 0 Å². The number of aromatic carboxylic acids is 1. The molecule has 2 aromatic heterocycles. The lowest BCUT2D eigenvalue weighted by atomic mass is 10.0. The molecule has 0 amide bonds. The first kappa shape index (κ1) is 26.8. The van der Waals surface area contributed by atoms with Gasteiger partial charge in [-0.15, -0.1) is 0 Å². The fourth-order valence-electron chi connectivity index (χ4n) is 5.02. The number of aromatic nitrogens is 3. The fraction of sp³-hybridized carbons (Fsp3) is 0.286. The molecular weight excluding hydrogens is 539 g/mol. The normalized spacial score (nSPS) is 14.5. The average molecular weight is 567 g/mol. The minimum Gasteiger partial charge on any atom is -0.476 e. The number of carboxylic acids is 1. The highest BCUT2D eigenvalue weighted by molar-refractivity contribution is 6.30. The third kappa shape index (κ3) is 5.37. The third-order valence-corrected chi connectivity index (χ3v) is 7.41. The zero-order valence-corrected chi connectivity index (χ0v) is 23.3. The van der Waals surface area contributed by atoms with E-state index in [-0.39, 0.29) is 22.4 Å². The predicted octanol–water partition coefficient (Wildman–Crippen LogP) is 5.14. The van der Waals surface area contributed by atoms with Crippen LogP contribution in [0.1, 0.15) is 34.6 Å². The van der Waals surface area contributed by atoms with Crippen LogP contribution in [0.2, 0.25) is 10.2 Å². The number of nitrogens with zero attached hydrogens (tertiary/aromatic N) is 5. The average Bonchev–Trinajstić information content (AvgIpc) is 2.91. The van der Waals surface area contributed by atoms with Gasteiger partial charge in [0.1, 0.15) is 5.15 Å². The number of hydrogen-bond acceptors (Lipinski definition) is 7. The van der Waals surface area contributed by atoms with Crippen LogP contribution in [0.5, 0.6) is 0 Å². The van der Waals surface area contributed by atoms with Crippen molar-refractivity contribution < 1.29 is 9.90 Å². The summed E-state index contributed by atoms with van der Waals surface area (Å²) in [6.45, 7) is 6.71. The molecular formula is C28H28Cl2N6O3. The van der Waals surface area contributed by atoms with Gasteiger partial charge in [-0.25, -0.2) is 14.8 Å². The fourth-order valence-corrected chi connectivity index (χ4v) is 5.35. The van der Waals surface area contributed by atoms with Gasteiger partial charge in [0.2, 0.25) is 5.95 Å². The third-order valence-electron chi connectivity index (χ3n) is 6.97. The molecule has 3 heterocycles. The lowest BCUT2D eigenvalue weighted by Gasteiger charge is -2.37. The molecule has 11 heteroatoms. The predicted molar refractivity (Wildman–Crippen MR) is 156 cm³/mol. The summed E-state index contributed by atoms with van der Waals surface area (Å²) < 4.78 is 1.60. The number of piperazine rings is 1. The summed E-state index contributed by atoms with van der Waals surface area (Å²) >= 11 is 12.1. The molecule has 0 saturated carbocycles. The van der Waals surface area contributed by atoms with Crippen LogP contribution in [0.4, 0.5) is 17.3 Å². The molecule has 9 nitrogen and oxygen atoms in total. The van der Waals surface area contributed by atoms with Crippen molar-refractivity contribution in [3.8, 4) is 0 Å². The maximum absolute atomic E-state index is 13.5. The van der Waals surface area contributed by atoms with Gasteiger partial charge in [-0.2, -0.15) is 0 Å². The van der Waals surface area contributed by atoms with E-state index >= 15 is 0 Å². The first-order valence-corrected chi connectivity index (χ1v) is 13.3. The highest BCUT2D eigenvalue weighted by atomic mass is 35.5. The second-order valence-corrected chi connectivity index (χ2v) is 10.5. The van der Waals surface area contributed by atoms with E-state index in [1.807, 2.05) is 50.2 Å². The summed E-state index contributed by atoms with van der Waals surface area (Å²) in [6.07, 6.45) is 0. The highest BCUT2D eigenvalue weighted by Crippen LogP contribution is 2.29. The van der Waals surface area contributed by atoms with Crippen molar-refractivity contribution >= 4 is 57.4 Å². The summed E-state index contributed by atoms with van der Waals surface area (Å²) in [5.41, 5.74) is 3.35. The van der Waals surface area contributed by atoms with Crippen LogP contribution in [0.3, 0.4) is 0 Å². The van der Waals surface area contributed by atoms with Gasteiger partial charge >= 0.3 is 5.97 Å². The Labute approximate surface area is 235 Å². The quantitative estimate of drug-likeness (QED) is 0.309. The van der Waals surface area contributed by atoms with Crippen LogP contribution in [-0.2, 0) is 7.05 Å². The number of anilines is 3. The van der Waals surface area contributed by atoms with Crippen LogP contribution in [0, 0.1) is 6.92 Å². The molecule has 202 valence electrons. The van der Waals surface area contributed by atoms with E-state index in [9.17, 15) is 14.7 Å². The Balaban J connectivity index is 1.49. The zero-order chi connectivity index (χ0) is 27.8. The number of hydrogen-bond donors (Lipinski definition) is 2. The largest absolute Gasteiger partial charge is 0.476 e. The molecule has 39 heavy (non-hydrogen) atoms. The van der Waals surface area contributed by atoms with Gasteiger partial charge in [0.25, 0.3) is 5.56 Å². The smallest absolute Gasteiger partial charge is 0.356 e. The Morgan fingerprint density at radius 2 is 1.74 bits per heavy atom. The molecule has 5 rings (SSSR count). The summed E-state index contributed by atoms with van der Waals surface area (Å²) in [6, 6.07) is 14.4. The second kappa shape index (κ2) is 10.7. The Hall–Kier alpha value is -3.82. The van der Waals surface area contributed by atoms with E-state index in [2.05, 4.69) is 20.1 Å². The van der Waals surface area contributed by atoms with Crippen LogP contribution < -0.4 is 20.7 Å². The van der Waals surface area contributed by atoms with Crippen LogP contribution in [-0.4, -0.2) is 51.8 Å². The summed E-state index contributed by atoms with van der Waals surface area (Å²) in [7, 11) is 1.75. The van der Waals surface area contributed by atoms with Gasteiger partial charge in [-0.1, -0.05) is 35.3 Å². The molecule has 1 saturated heterocycles. The van der Waals surface area contributed by atoms with E-state index in [0.717, 1.165) is 29.9 Å². The molecule has 4 aromatic rings. The number of pyridine rings is 1. The maximum atomic E-state index is 13.5. The minimum atomic E-state index is -1.19. The molecule has 1 fully saturated rings. The molecule has 1 aliphatic heterocycles. The Morgan fingerprint density at radius 3 is 2.44 bits per heavy atom. The van der Waals surface area contributed by atoms with E-state index in [1.165, 1.54) is 6.07 Å². The molecule has 1 atom stereocenters. The van der Waals surface area contributed by atoms with Crippen LogP contribution in [0.15, 0.2) is 53.3 Å². The monoisotopic (exact) mass is 566 g/mol. The Morgan fingerprint density at radius 1 is 1.03 bits per heavy atom. The Bertz CT molecular complexity index is 1630. The number of nitrogens with one attached hydrogen (secondary N) is 1. The van der Waals surface area contributed by atoms with Gasteiger partial charge in [0.15, 0.2) is 5.69 Å². The number of aryl methyl sites for hydroxylation is 1. The number of carboxylic acid groups (broad SMARTS) is 1. The van der Waals surface area contributed by atoms with E-state index in [1.54, 1.807) is 17.7 Å². The lowest BCUT2D eigenvalue weighted by molar-refractivity contribution is 0.0691. The van der Waals surface area contributed by atoms with Gasteiger partial charge in [0, 0.05) is 49.5 Å². The van der Waals surface area contributed by atoms with Crippen molar-refractivity contribution in [2.24, 2.45) is 7.05 Å². The van der Waals surface area contributed by atoms with Crippen molar-refractivity contribution in [3.63, 3.8) is 0 Å². The molecule has 2 N–H and O–H groups in total. The first-order valence-electron chi connectivity index (χ1n) is 12.6. The Kier molecular flexibility index (Phi) is 7.38. The highest BCUT2D eigenvalue weighted by Gasteiger charge is 2.24. The maximum Gasteiger partial charge on any atom is 0.356 e. The molecule has 2 aromatic carbocycles.